The number of hydrogen-bond acceptors (Lipinski definition) is 4. The summed E-state index contributed by atoms with van der Waals surface area (Å²) in [5, 5.41) is 5.70. The van der Waals surface area contributed by atoms with Crippen molar-refractivity contribution in [2.24, 2.45) is 0 Å². The van der Waals surface area contributed by atoms with Crippen LogP contribution in [0.1, 0.15) is 12.0 Å². The normalized spacial score (nSPS) is 21.0. The van der Waals surface area contributed by atoms with E-state index >= 15 is 0 Å². The van der Waals surface area contributed by atoms with Crippen molar-refractivity contribution in [2.45, 2.75) is 19.0 Å². The highest BCUT2D eigenvalue weighted by molar-refractivity contribution is 9.11. The molecule has 1 aliphatic rings. The zero-order chi connectivity index (χ0) is 12.1. The van der Waals surface area contributed by atoms with Gasteiger partial charge in [-0.2, -0.15) is 0 Å². The summed E-state index contributed by atoms with van der Waals surface area (Å²) in [5.74, 6) is 0. The monoisotopic (exact) mass is 318 g/mol. The largest absolute Gasteiger partial charge is 0.379 e. The fourth-order valence-corrected chi connectivity index (χ4v) is 3.20. The minimum Gasteiger partial charge on any atom is -0.379 e. The first-order valence-corrected chi connectivity index (χ1v) is 7.64. The van der Waals surface area contributed by atoms with Crippen LogP contribution in [0.3, 0.4) is 0 Å². The van der Waals surface area contributed by atoms with E-state index in [1.54, 1.807) is 11.3 Å². The third-order valence-corrected chi connectivity index (χ3v) is 4.49. The third-order valence-electron chi connectivity index (χ3n) is 2.93. The maximum Gasteiger partial charge on any atom is 0.0701 e. The van der Waals surface area contributed by atoms with Gasteiger partial charge in [0.15, 0.2) is 0 Å². The molecular formula is C12H19BrN2OS. The fraction of sp³-hybridized carbons (Fsp3) is 0.667. The predicted octanol–water partition coefficient (Wildman–Crippen LogP) is 2.32. The van der Waals surface area contributed by atoms with Crippen LogP contribution in [-0.2, 0) is 11.3 Å². The topological polar surface area (TPSA) is 24.5 Å². The van der Waals surface area contributed by atoms with Gasteiger partial charge in [0.05, 0.1) is 17.0 Å². The quantitative estimate of drug-likeness (QED) is 0.901. The van der Waals surface area contributed by atoms with Crippen molar-refractivity contribution in [1.29, 1.82) is 0 Å². The van der Waals surface area contributed by atoms with Crippen LogP contribution in [-0.4, -0.2) is 44.3 Å². The van der Waals surface area contributed by atoms with Crippen molar-refractivity contribution in [1.82, 2.24) is 10.2 Å². The van der Waals surface area contributed by atoms with Gasteiger partial charge in [-0.25, -0.2) is 0 Å². The molecule has 0 spiro atoms. The lowest BCUT2D eigenvalue weighted by atomic mass is 10.2. The molecule has 0 saturated carbocycles. The van der Waals surface area contributed by atoms with Crippen molar-refractivity contribution in [3.8, 4) is 0 Å². The van der Waals surface area contributed by atoms with E-state index in [0.29, 0.717) is 6.04 Å². The molecule has 5 heteroatoms. The standard InChI is InChI=1S/C12H19BrN2OS/c1-15(7-10-6-12(13)17-9-10)4-2-11-8-16-5-3-14-11/h6,9,11,14H,2-5,7-8H2,1H3. The lowest BCUT2D eigenvalue weighted by Gasteiger charge is -2.26. The van der Waals surface area contributed by atoms with Gasteiger partial charge in [-0.3, -0.25) is 0 Å². The van der Waals surface area contributed by atoms with Crippen LogP contribution in [0.5, 0.6) is 0 Å². The van der Waals surface area contributed by atoms with E-state index in [1.165, 1.54) is 9.35 Å². The predicted molar refractivity (Wildman–Crippen MR) is 75.6 cm³/mol. The van der Waals surface area contributed by atoms with Crippen LogP contribution in [0.4, 0.5) is 0 Å². The van der Waals surface area contributed by atoms with Gasteiger partial charge in [0.1, 0.15) is 0 Å². The lowest BCUT2D eigenvalue weighted by molar-refractivity contribution is 0.0708. The minimum atomic E-state index is 0.528. The fourth-order valence-electron chi connectivity index (χ4n) is 2.00. The van der Waals surface area contributed by atoms with Crippen molar-refractivity contribution < 1.29 is 4.74 Å². The Morgan fingerprint density at radius 1 is 1.65 bits per heavy atom. The Hall–Kier alpha value is 0.0600. The van der Waals surface area contributed by atoms with Gasteiger partial charge in [0.25, 0.3) is 0 Å². The second-order valence-corrected chi connectivity index (χ2v) is 6.80. The first-order chi connectivity index (χ1) is 8.24. The molecule has 0 amide bonds. The second kappa shape index (κ2) is 6.85. The highest BCUT2D eigenvalue weighted by Gasteiger charge is 2.13. The molecule has 2 heterocycles. The molecule has 1 atom stereocenters. The van der Waals surface area contributed by atoms with Gasteiger partial charge in [0, 0.05) is 19.1 Å². The zero-order valence-electron chi connectivity index (χ0n) is 10.1. The lowest BCUT2D eigenvalue weighted by Crippen LogP contribution is -2.42. The molecule has 1 unspecified atom stereocenters. The molecule has 1 fully saturated rings. The zero-order valence-corrected chi connectivity index (χ0v) is 12.5. The van der Waals surface area contributed by atoms with Gasteiger partial charge >= 0.3 is 0 Å². The Balaban J connectivity index is 1.68. The van der Waals surface area contributed by atoms with Crippen molar-refractivity contribution in [3.05, 3.63) is 20.8 Å². The van der Waals surface area contributed by atoms with E-state index < -0.39 is 0 Å². The summed E-state index contributed by atoms with van der Waals surface area (Å²) in [4.78, 5) is 2.37. The molecule has 1 aliphatic heterocycles. The smallest absolute Gasteiger partial charge is 0.0701 e. The number of nitrogens with one attached hydrogen (secondary N) is 1. The molecule has 17 heavy (non-hydrogen) atoms. The number of hydrogen-bond donors (Lipinski definition) is 1. The highest BCUT2D eigenvalue weighted by Crippen LogP contribution is 2.21. The molecule has 1 N–H and O–H groups in total. The van der Waals surface area contributed by atoms with E-state index in [2.05, 4.69) is 44.6 Å². The Bertz CT molecular complexity index is 339. The summed E-state index contributed by atoms with van der Waals surface area (Å²) in [6.45, 7) is 4.84. The average molecular weight is 319 g/mol. The van der Waals surface area contributed by atoms with E-state index in [0.717, 1.165) is 39.3 Å². The Morgan fingerprint density at radius 3 is 3.18 bits per heavy atom. The summed E-state index contributed by atoms with van der Waals surface area (Å²) >= 11 is 5.25. The third kappa shape index (κ3) is 4.67. The summed E-state index contributed by atoms with van der Waals surface area (Å²) in [7, 11) is 2.18. The minimum absolute atomic E-state index is 0.528. The maximum atomic E-state index is 5.45. The molecule has 2 rings (SSSR count). The Labute approximate surface area is 115 Å². The molecule has 3 nitrogen and oxygen atoms in total. The average Bonchev–Trinajstić information content (AvgIpc) is 2.73. The first kappa shape index (κ1) is 13.5. The van der Waals surface area contributed by atoms with Crippen LogP contribution in [0.25, 0.3) is 0 Å². The number of rotatable bonds is 5. The number of ether oxygens (including phenoxy) is 1. The van der Waals surface area contributed by atoms with Gasteiger partial charge in [-0.15, -0.1) is 11.3 Å². The van der Waals surface area contributed by atoms with Gasteiger partial charge in [-0.1, -0.05) is 0 Å². The molecular weight excluding hydrogens is 300 g/mol. The van der Waals surface area contributed by atoms with Gasteiger partial charge in [0.2, 0.25) is 0 Å². The molecule has 1 aromatic rings. The van der Waals surface area contributed by atoms with Crippen molar-refractivity contribution in [2.75, 3.05) is 33.4 Å². The first-order valence-electron chi connectivity index (χ1n) is 5.96. The maximum absolute atomic E-state index is 5.45. The number of thiophene rings is 1. The molecule has 0 radical (unpaired) electrons. The van der Waals surface area contributed by atoms with E-state index in [9.17, 15) is 0 Å². The second-order valence-electron chi connectivity index (χ2n) is 4.51. The van der Waals surface area contributed by atoms with Crippen LogP contribution >= 0.6 is 27.3 Å². The summed E-state index contributed by atoms with van der Waals surface area (Å²) in [6, 6.07) is 2.73. The Kier molecular flexibility index (Phi) is 5.44. The molecule has 96 valence electrons. The molecule has 0 bridgehead atoms. The molecule has 0 aromatic carbocycles. The highest BCUT2D eigenvalue weighted by atomic mass is 79.9. The Morgan fingerprint density at radius 2 is 2.53 bits per heavy atom. The number of nitrogens with zero attached hydrogens (tertiary/aromatic N) is 1. The molecule has 1 saturated heterocycles. The SMILES string of the molecule is CN(CCC1COCCN1)Cc1csc(Br)c1. The summed E-state index contributed by atoms with van der Waals surface area (Å²) in [6.07, 6.45) is 1.15. The van der Waals surface area contributed by atoms with E-state index in [-0.39, 0.29) is 0 Å². The molecule has 1 aromatic heterocycles. The molecule has 0 aliphatic carbocycles. The summed E-state index contributed by atoms with van der Waals surface area (Å²) in [5.41, 5.74) is 1.39. The van der Waals surface area contributed by atoms with Gasteiger partial charge < -0.3 is 15.0 Å². The van der Waals surface area contributed by atoms with E-state index in [1.807, 2.05) is 0 Å². The van der Waals surface area contributed by atoms with Crippen LogP contribution in [0.2, 0.25) is 0 Å². The summed E-state index contributed by atoms with van der Waals surface area (Å²) < 4.78 is 6.66. The van der Waals surface area contributed by atoms with Crippen molar-refractivity contribution in [3.63, 3.8) is 0 Å². The van der Waals surface area contributed by atoms with Crippen LogP contribution in [0.15, 0.2) is 15.2 Å². The van der Waals surface area contributed by atoms with Gasteiger partial charge in [-0.05, 0) is 53.0 Å². The van der Waals surface area contributed by atoms with Crippen LogP contribution < -0.4 is 5.32 Å². The van der Waals surface area contributed by atoms with E-state index in [4.69, 9.17) is 4.74 Å². The number of halogens is 1. The van der Waals surface area contributed by atoms with Crippen LogP contribution in [0, 0.1) is 0 Å². The van der Waals surface area contributed by atoms with Crippen molar-refractivity contribution >= 4 is 27.3 Å². The number of morpholine rings is 1.